The average molecular weight is 438 g/mol. The summed E-state index contributed by atoms with van der Waals surface area (Å²) in [5.41, 5.74) is 2.26. The summed E-state index contributed by atoms with van der Waals surface area (Å²) in [5, 5.41) is 3.56. The van der Waals surface area contributed by atoms with E-state index in [1.54, 1.807) is 25.3 Å². The monoisotopic (exact) mass is 436 g/mol. The van der Waals surface area contributed by atoms with E-state index >= 15 is 0 Å². The first-order valence-electron chi connectivity index (χ1n) is 8.67. The van der Waals surface area contributed by atoms with Crippen LogP contribution in [0, 0.1) is 5.92 Å². The van der Waals surface area contributed by atoms with Crippen molar-refractivity contribution in [2.75, 3.05) is 30.4 Å². The number of carbonyl (C=O) groups excluding carboxylic acids is 1. The summed E-state index contributed by atoms with van der Waals surface area (Å²) in [7, 11) is 1.59. The maximum atomic E-state index is 12.5. The molecule has 1 fully saturated rings. The lowest BCUT2D eigenvalue weighted by Crippen LogP contribution is -2.32. The van der Waals surface area contributed by atoms with Gasteiger partial charge >= 0.3 is 0 Å². The van der Waals surface area contributed by atoms with Crippen LogP contribution in [-0.4, -0.2) is 26.1 Å². The maximum absolute atomic E-state index is 12.5. The third-order valence-corrected chi connectivity index (χ3v) is 5.67. The minimum Gasteiger partial charge on any atom is -0.496 e. The molecular formula is C20H22BrClN2O2. The van der Waals surface area contributed by atoms with Gasteiger partial charge in [0.2, 0.25) is 0 Å². The zero-order valence-corrected chi connectivity index (χ0v) is 17.2. The molecule has 1 aliphatic heterocycles. The number of anilines is 2. The molecule has 6 heteroatoms. The normalized spacial score (nSPS) is 15.0. The van der Waals surface area contributed by atoms with E-state index in [1.165, 1.54) is 12.8 Å². The van der Waals surface area contributed by atoms with E-state index in [0.717, 1.165) is 29.2 Å². The highest BCUT2D eigenvalue weighted by atomic mass is 79.9. The number of rotatable bonds is 4. The molecule has 2 aromatic rings. The van der Waals surface area contributed by atoms with Crippen LogP contribution in [0.1, 0.15) is 30.1 Å². The van der Waals surface area contributed by atoms with E-state index in [0.29, 0.717) is 22.0 Å². The summed E-state index contributed by atoms with van der Waals surface area (Å²) in [4.78, 5) is 14.8. The van der Waals surface area contributed by atoms with E-state index in [-0.39, 0.29) is 5.91 Å². The molecule has 0 spiro atoms. The molecule has 1 heterocycles. The highest BCUT2D eigenvalue weighted by Crippen LogP contribution is 2.32. The van der Waals surface area contributed by atoms with E-state index in [2.05, 4.69) is 33.1 Å². The Morgan fingerprint density at radius 1 is 1.23 bits per heavy atom. The van der Waals surface area contributed by atoms with Gasteiger partial charge in [0.15, 0.2) is 0 Å². The van der Waals surface area contributed by atoms with Crippen LogP contribution in [0.5, 0.6) is 5.75 Å². The SMILES string of the molecule is COc1ccc(C(=O)Nc2ccc(N3CCC(C)CC3)c(Cl)c2)cc1Br. The molecule has 0 atom stereocenters. The van der Waals surface area contributed by atoms with Crippen molar-refractivity contribution in [2.24, 2.45) is 5.92 Å². The molecule has 138 valence electrons. The molecule has 1 saturated heterocycles. The van der Waals surface area contributed by atoms with Crippen LogP contribution < -0.4 is 15.0 Å². The fraction of sp³-hybridized carbons (Fsp3) is 0.350. The second kappa shape index (κ2) is 8.31. The fourth-order valence-electron chi connectivity index (χ4n) is 3.10. The average Bonchev–Trinajstić information content (AvgIpc) is 2.63. The van der Waals surface area contributed by atoms with Gasteiger partial charge in [-0.05, 0) is 71.1 Å². The Morgan fingerprint density at radius 2 is 1.96 bits per heavy atom. The topological polar surface area (TPSA) is 41.6 Å². The molecule has 0 aromatic heterocycles. The molecule has 2 aromatic carbocycles. The van der Waals surface area contributed by atoms with Gasteiger partial charge in [-0.15, -0.1) is 0 Å². The second-order valence-electron chi connectivity index (χ2n) is 6.64. The summed E-state index contributed by atoms with van der Waals surface area (Å²) < 4.78 is 5.93. The smallest absolute Gasteiger partial charge is 0.255 e. The number of benzene rings is 2. The van der Waals surface area contributed by atoms with Crippen molar-refractivity contribution in [1.82, 2.24) is 0 Å². The van der Waals surface area contributed by atoms with Gasteiger partial charge in [0, 0.05) is 24.3 Å². The van der Waals surface area contributed by atoms with Gasteiger partial charge in [-0.1, -0.05) is 18.5 Å². The van der Waals surface area contributed by atoms with Gasteiger partial charge in [-0.25, -0.2) is 0 Å². The third kappa shape index (κ3) is 4.33. The number of ether oxygens (including phenoxy) is 1. The van der Waals surface area contributed by atoms with Crippen LogP contribution in [0.3, 0.4) is 0 Å². The molecule has 1 amide bonds. The van der Waals surface area contributed by atoms with Gasteiger partial charge in [0.1, 0.15) is 5.75 Å². The van der Waals surface area contributed by atoms with Gasteiger partial charge in [-0.3, -0.25) is 4.79 Å². The largest absolute Gasteiger partial charge is 0.496 e. The lowest BCUT2D eigenvalue weighted by atomic mass is 9.99. The van der Waals surface area contributed by atoms with Crippen molar-refractivity contribution >= 4 is 44.8 Å². The lowest BCUT2D eigenvalue weighted by Gasteiger charge is -2.32. The van der Waals surface area contributed by atoms with Crippen LogP contribution in [0.15, 0.2) is 40.9 Å². The van der Waals surface area contributed by atoms with Crippen molar-refractivity contribution in [3.8, 4) is 5.75 Å². The molecule has 4 nitrogen and oxygen atoms in total. The van der Waals surface area contributed by atoms with Gasteiger partial charge in [0.25, 0.3) is 5.91 Å². The van der Waals surface area contributed by atoms with Crippen LogP contribution in [0.4, 0.5) is 11.4 Å². The van der Waals surface area contributed by atoms with Crippen LogP contribution in [0.2, 0.25) is 5.02 Å². The van der Waals surface area contributed by atoms with Crippen molar-refractivity contribution < 1.29 is 9.53 Å². The number of methoxy groups -OCH3 is 1. The summed E-state index contributed by atoms with van der Waals surface area (Å²) in [6.45, 7) is 4.33. The van der Waals surface area contributed by atoms with Crippen molar-refractivity contribution in [1.29, 1.82) is 0 Å². The van der Waals surface area contributed by atoms with Crippen molar-refractivity contribution in [2.45, 2.75) is 19.8 Å². The minimum atomic E-state index is -0.191. The zero-order valence-electron chi connectivity index (χ0n) is 14.9. The summed E-state index contributed by atoms with van der Waals surface area (Å²) >= 11 is 9.88. The summed E-state index contributed by atoms with van der Waals surface area (Å²) in [6, 6.07) is 10.9. The van der Waals surface area contributed by atoms with Crippen LogP contribution >= 0.6 is 27.5 Å². The molecule has 3 rings (SSSR count). The highest BCUT2D eigenvalue weighted by Gasteiger charge is 2.18. The molecular weight excluding hydrogens is 416 g/mol. The van der Waals surface area contributed by atoms with E-state index in [4.69, 9.17) is 16.3 Å². The Kier molecular flexibility index (Phi) is 6.09. The number of amides is 1. The lowest BCUT2D eigenvalue weighted by molar-refractivity contribution is 0.102. The molecule has 1 N–H and O–H groups in total. The van der Waals surface area contributed by atoms with E-state index in [9.17, 15) is 4.79 Å². The molecule has 0 radical (unpaired) electrons. The number of nitrogens with one attached hydrogen (secondary N) is 1. The first-order valence-corrected chi connectivity index (χ1v) is 9.84. The Morgan fingerprint density at radius 3 is 2.58 bits per heavy atom. The Labute approximate surface area is 167 Å². The maximum Gasteiger partial charge on any atom is 0.255 e. The minimum absolute atomic E-state index is 0.191. The van der Waals surface area contributed by atoms with Crippen molar-refractivity contribution in [3.05, 3.63) is 51.5 Å². The van der Waals surface area contributed by atoms with E-state index in [1.807, 2.05) is 18.2 Å². The van der Waals surface area contributed by atoms with E-state index < -0.39 is 0 Å². The quantitative estimate of drug-likeness (QED) is 0.677. The molecule has 1 aliphatic rings. The molecule has 0 unspecified atom stereocenters. The zero-order chi connectivity index (χ0) is 18.7. The standard InChI is InChI=1S/C20H22BrClN2O2/c1-13-7-9-24(10-8-13)18-5-4-15(12-17(18)22)23-20(25)14-3-6-19(26-2)16(21)11-14/h3-6,11-13H,7-10H2,1-2H3,(H,23,25). The summed E-state index contributed by atoms with van der Waals surface area (Å²) in [5.74, 6) is 1.26. The first-order chi connectivity index (χ1) is 12.5. The number of piperidine rings is 1. The van der Waals surface area contributed by atoms with Crippen molar-refractivity contribution in [3.63, 3.8) is 0 Å². The molecule has 0 bridgehead atoms. The number of halogens is 2. The predicted molar refractivity (Wildman–Crippen MR) is 111 cm³/mol. The van der Waals surface area contributed by atoms with Gasteiger partial charge in [0.05, 0.1) is 22.3 Å². The molecule has 0 saturated carbocycles. The number of nitrogens with zero attached hydrogens (tertiary/aromatic N) is 1. The number of carbonyl (C=O) groups is 1. The van der Waals surface area contributed by atoms with Gasteiger partial charge < -0.3 is 15.0 Å². The van der Waals surface area contributed by atoms with Gasteiger partial charge in [-0.2, -0.15) is 0 Å². The Balaban J connectivity index is 1.71. The molecule has 26 heavy (non-hydrogen) atoms. The van der Waals surface area contributed by atoms with Crippen LogP contribution in [0.25, 0.3) is 0 Å². The number of hydrogen-bond donors (Lipinski definition) is 1. The molecule has 0 aliphatic carbocycles. The van der Waals surface area contributed by atoms with Crippen LogP contribution in [-0.2, 0) is 0 Å². The Hall–Kier alpha value is -1.72. The fourth-order valence-corrected chi connectivity index (χ4v) is 3.94. The Bertz CT molecular complexity index is 804. The number of hydrogen-bond acceptors (Lipinski definition) is 3. The summed E-state index contributed by atoms with van der Waals surface area (Å²) in [6.07, 6.45) is 2.36. The first kappa shape index (κ1) is 19.1. The second-order valence-corrected chi connectivity index (χ2v) is 7.90. The highest BCUT2D eigenvalue weighted by molar-refractivity contribution is 9.10. The predicted octanol–water partition coefficient (Wildman–Crippen LogP) is 5.60. The third-order valence-electron chi connectivity index (χ3n) is 4.74.